The second-order valence-electron chi connectivity index (χ2n) is 3.35. The maximum absolute atomic E-state index is 5.54. The van der Waals surface area contributed by atoms with Gasteiger partial charge in [0.05, 0.1) is 25.4 Å². The molecule has 2 atom stereocenters. The summed E-state index contributed by atoms with van der Waals surface area (Å²) in [6, 6.07) is 0. The lowest BCUT2D eigenvalue weighted by molar-refractivity contribution is -0.0504. The molecule has 2 aliphatic heterocycles. The van der Waals surface area contributed by atoms with Crippen molar-refractivity contribution in [2.45, 2.75) is 18.9 Å². The highest BCUT2D eigenvalue weighted by atomic mass is 16.6. The number of fused-ring (bicyclic) bond motifs is 2. The van der Waals surface area contributed by atoms with E-state index in [0.717, 1.165) is 19.8 Å². The average Bonchev–Trinajstić information content (AvgIpc) is 2.07. The number of ether oxygens (including phenoxy) is 2. The van der Waals surface area contributed by atoms with Crippen LogP contribution < -0.4 is 0 Å². The zero-order chi connectivity index (χ0) is 6.32. The van der Waals surface area contributed by atoms with Gasteiger partial charge in [-0.25, -0.2) is 0 Å². The van der Waals surface area contributed by atoms with Crippen molar-refractivity contribution in [3.63, 3.8) is 0 Å². The molecule has 0 aliphatic carbocycles. The molecule has 0 N–H and O–H groups in total. The lowest BCUT2D eigenvalue weighted by Gasteiger charge is -2.26. The lowest BCUT2D eigenvalue weighted by atomic mass is 9.95. The van der Waals surface area contributed by atoms with Crippen LogP contribution in [0.15, 0.2) is 0 Å². The Bertz CT molecular complexity index is 120. The summed E-state index contributed by atoms with van der Waals surface area (Å²) in [7, 11) is 0. The summed E-state index contributed by atoms with van der Waals surface area (Å²) in [5, 5.41) is 0. The molecule has 9 heavy (non-hydrogen) atoms. The third kappa shape index (κ3) is 0.864. The first kappa shape index (κ1) is 5.69. The predicted octanol–water partition coefficient (Wildman–Crippen LogP) is 0.812. The van der Waals surface area contributed by atoms with Crippen LogP contribution in [0.3, 0.4) is 0 Å². The fourth-order valence-electron chi connectivity index (χ4n) is 1.70. The average molecular weight is 128 g/mol. The van der Waals surface area contributed by atoms with E-state index in [-0.39, 0.29) is 5.60 Å². The van der Waals surface area contributed by atoms with Gasteiger partial charge in [0, 0.05) is 5.92 Å². The maximum Gasteiger partial charge on any atom is 0.0891 e. The summed E-state index contributed by atoms with van der Waals surface area (Å²) in [6.45, 7) is 4.75. The Morgan fingerprint density at radius 3 is 3.00 bits per heavy atom. The van der Waals surface area contributed by atoms with E-state index in [1.807, 2.05) is 0 Å². The quantitative estimate of drug-likeness (QED) is 0.480. The molecule has 2 fully saturated rings. The van der Waals surface area contributed by atoms with Crippen molar-refractivity contribution in [1.29, 1.82) is 0 Å². The second kappa shape index (κ2) is 1.70. The molecule has 2 aliphatic rings. The van der Waals surface area contributed by atoms with E-state index in [1.54, 1.807) is 0 Å². The van der Waals surface area contributed by atoms with Crippen molar-refractivity contribution < 1.29 is 9.47 Å². The van der Waals surface area contributed by atoms with Crippen molar-refractivity contribution in [1.82, 2.24) is 0 Å². The minimum atomic E-state index is 0.0723. The summed E-state index contributed by atoms with van der Waals surface area (Å²) in [4.78, 5) is 0. The minimum absolute atomic E-state index is 0.0723. The Morgan fingerprint density at radius 2 is 2.33 bits per heavy atom. The van der Waals surface area contributed by atoms with Gasteiger partial charge in [-0.2, -0.15) is 0 Å². The summed E-state index contributed by atoms with van der Waals surface area (Å²) >= 11 is 0. The fourth-order valence-corrected chi connectivity index (χ4v) is 1.70. The predicted molar refractivity (Wildman–Crippen MR) is 33.3 cm³/mol. The van der Waals surface area contributed by atoms with Crippen LogP contribution in [0, 0.1) is 5.92 Å². The van der Waals surface area contributed by atoms with E-state index in [0.29, 0.717) is 5.92 Å². The van der Waals surface area contributed by atoms with E-state index in [1.165, 1.54) is 6.42 Å². The van der Waals surface area contributed by atoms with E-state index >= 15 is 0 Å². The molecule has 0 aromatic heterocycles. The number of rotatable bonds is 0. The minimum Gasteiger partial charge on any atom is -0.378 e. The van der Waals surface area contributed by atoms with E-state index in [4.69, 9.17) is 9.47 Å². The Balaban J connectivity index is 2.13. The zero-order valence-electron chi connectivity index (χ0n) is 5.72. The molecule has 2 heteroatoms. The van der Waals surface area contributed by atoms with Gasteiger partial charge in [0.2, 0.25) is 0 Å². The summed E-state index contributed by atoms with van der Waals surface area (Å²) in [5.74, 6) is 0.684. The first-order chi connectivity index (χ1) is 4.29. The van der Waals surface area contributed by atoms with Crippen LogP contribution in [0.4, 0.5) is 0 Å². The Morgan fingerprint density at radius 1 is 1.44 bits per heavy atom. The van der Waals surface area contributed by atoms with Gasteiger partial charge < -0.3 is 9.47 Å². The van der Waals surface area contributed by atoms with Crippen LogP contribution in [0.5, 0.6) is 0 Å². The van der Waals surface area contributed by atoms with Gasteiger partial charge in [-0.3, -0.25) is 0 Å². The molecule has 2 bridgehead atoms. The van der Waals surface area contributed by atoms with Gasteiger partial charge in [0.1, 0.15) is 0 Å². The molecule has 0 spiro atoms. The standard InChI is InChI=1S/C7H12O2/c1-7-2-6(4-9-7)3-8-5-7/h6H,2-5H2,1H3/t6?,7-/m0/s1. The molecule has 1 unspecified atom stereocenters. The molecule has 0 aromatic rings. The Hall–Kier alpha value is -0.0800. The van der Waals surface area contributed by atoms with Crippen molar-refractivity contribution in [2.75, 3.05) is 19.8 Å². The smallest absolute Gasteiger partial charge is 0.0891 e. The monoisotopic (exact) mass is 128 g/mol. The molecule has 52 valence electrons. The molecule has 0 radical (unpaired) electrons. The molecule has 0 aromatic carbocycles. The van der Waals surface area contributed by atoms with Crippen LogP contribution in [0.2, 0.25) is 0 Å². The van der Waals surface area contributed by atoms with Crippen molar-refractivity contribution in [3.05, 3.63) is 0 Å². The highest BCUT2D eigenvalue weighted by Crippen LogP contribution is 2.33. The maximum atomic E-state index is 5.54. The molecule has 2 heterocycles. The molecule has 2 saturated heterocycles. The van der Waals surface area contributed by atoms with Crippen molar-refractivity contribution in [2.24, 2.45) is 5.92 Å². The van der Waals surface area contributed by atoms with E-state index in [9.17, 15) is 0 Å². The summed E-state index contributed by atoms with van der Waals surface area (Å²) in [6.07, 6.45) is 1.20. The first-order valence-electron chi connectivity index (χ1n) is 3.50. The molecular weight excluding hydrogens is 116 g/mol. The molecule has 0 saturated carbocycles. The van der Waals surface area contributed by atoms with Gasteiger partial charge in [-0.1, -0.05) is 0 Å². The largest absolute Gasteiger partial charge is 0.378 e. The Labute approximate surface area is 55.1 Å². The zero-order valence-corrected chi connectivity index (χ0v) is 5.72. The normalized spacial score (nSPS) is 49.7. The van der Waals surface area contributed by atoms with Crippen LogP contribution in [-0.2, 0) is 9.47 Å². The van der Waals surface area contributed by atoms with Gasteiger partial charge in [-0.05, 0) is 13.3 Å². The molecular formula is C7H12O2. The lowest BCUT2D eigenvalue weighted by Crippen LogP contribution is -2.33. The third-order valence-electron chi connectivity index (χ3n) is 2.15. The van der Waals surface area contributed by atoms with Crippen LogP contribution >= 0.6 is 0 Å². The van der Waals surface area contributed by atoms with Crippen molar-refractivity contribution >= 4 is 0 Å². The van der Waals surface area contributed by atoms with Gasteiger partial charge >= 0.3 is 0 Å². The highest BCUT2D eigenvalue weighted by Gasteiger charge is 2.40. The van der Waals surface area contributed by atoms with Gasteiger partial charge in [0.15, 0.2) is 0 Å². The van der Waals surface area contributed by atoms with Crippen molar-refractivity contribution in [3.8, 4) is 0 Å². The SMILES string of the molecule is C[C@]12COCC(CO1)C2. The van der Waals surface area contributed by atoms with E-state index in [2.05, 4.69) is 6.92 Å². The van der Waals surface area contributed by atoms with Gasteiger partial charge in [0.25, 0.3) is 0 Å². The van der Waals surface area contributed by atoms with Crippen LogP contribution in [-0.4, -0.2) is 25.4 Å². The van der Waals surface area contributed by atoms with Crippen LogP contribution in [0.25, 0.3) is 0 Å². The summed E-state index contributed by atoms with van der Waals surface area (Å²) < 4.78 is 10.9. The third-order valence-corrected chi connectivity index (χ3v) is 2.15. The fraction of sp³-hybridized carbons (Fsp3) is 1.00. The molecule has 2 rings (SSSR count). The van der Waals surface area contributed by atoms with Crippen LogP contribution in [0.1, 0.15) is 13.3 Å². The molecule has 2 nitrogen and oxygen atoms in total. The number of hydrogen-bond donors (Lipinski definition) is 0. The first-order valence-corrected chi connectivity index (χ1v) is 3.50. The second-order valence-corrected chi connectivity index (χ2v) is 3.35. The highest BCUT2D eigenvalue weighted by molar-refractivity contribution is 4.88. The van der Waals surface area contributed by atoms with E-state index < -0.39 is 0 Å². The van der Waals surface area contributed by atoms with Gasteiger partial charge in [-0.15, -0.1) is 0 Å². The summed E-state index contributed by atoms with van der Waals surface area (Å²) in [5.41, 5.74) is 0.0723. The molecule has 0 amide bonds. The number of hydrogen-bond acceptors (Lipinski definition) is 2. The Kier molecular flexibility index (Phi) is 1.08. The topological polar surface area (TPSA) is 18.5 Å².